The first-order valence-corrected chi connectivity index (χ1v) is 14.4. The van der Waals surface area contributed by atoms with Crippen LogP contribution < -0.4 is 5.32 Å². The molecule has 5 fully saturated rings. The molecule has 0 spiro atoms. The Bertz CT molecular complexity index is 1430. The van der Waals surface area contributed by atoms with Crippen LogP contribution in [0.15, 0.2) is 23.0 Å². The molecule has 4 heterocycles. The molecule has 1 saturated heterocycles. The van der Waals surface area contributed by atoms with Crippen molar-refractivity contribution in [3.05, 3.63) is 24.3 Å². The summed E-state index contributed by atoms with van der Waals surface area (Å²) < 4.78 is 29.0. The minimum atomic E-state index is -3.11. The third-order valence-corrected chi connectivity index (χ3v) is 10.2. The number of aliphatic hydroxyl groups is 1. The number of amides is 1. The van der Waals surface area contributed by atoms with Crippen molar-refractivity contribution in [1.82, 2.24) is 25.0 Å². The van der Waals surface area contributed by atoms with Crippen molar-refractivity contribution in [3.8, 4) is 11.5 Å². The van der Waals surface area contributed by atoms with Crippen molar-refractivity contribution in [3.63, 3.8) is 0 Å². The molecule has 3 N–H and O–H groups in total. The van der Waals surface area contributed by atoms with Crippen LogP contribution in [0.4, 0.5) is 5.69 Å². The molecule has 0 aromatic carbocycles. The van der Waals surface area contributed by atoms with Crippen LogP contribution in [0, 0.1) is 17.8 Å². The quantitative estimate of drug-likeness (QED) is 0.475. The number of nitrogens with one attached hydrogen (secondary N) is 2. The second-order valence-electron chi connectivity index (χ2n) is 11.0. The van der Waals surface area contributed by atoms with E-state index in [4.69, 9.17) is 4.52 Å². The summed E-state index contributed by atoms with van der Waals surface area (Å²) in [6.07, 6.45) is 8.31. The third-order valence-electron chi connectivity index (χ3n) is 8.62. The van der Waals surface area contributed by atoms with E-state index in [1.54, 1.807) is 6.20 Å². The number of aromatic nitrogens is 4. The Morgan fingerprint density at radius 1 is 1.19 bits per heavy atom. The molecule has 12 heteroatoms. The lowest BCUT2D eigenvalue weighted by atomic mass is 9.52. The number of aromatic amines is 1. The summed E-state index contributed by atoms with van der Waals surface area (Å²) in [5.74, 6) is 0.905. The highest BCUT2D eigenvalue weighted by atomic mass is 32.2. The molecule has 11 nitrogen and oxygen atoms in total. The molecule has 4 saturated carbocycles. The Balaban J connectivity index is 1.20. The summed E-state index contributed by atoms with van der Waals surface area (Å²) in [5, 5.41) is 19.6. The summed E-state index contributed by atoms with van der Waals surface area (Å²) in [5.41, 5.74) is 1.66. The topological polar surface area (TPSA) is 154 Å². The zero-order valence-corrected chi connectivity index (χ0v) is 20.5. The van der Waals surface area contributed by atoms with Gasteiger partial charge in [0.15, 0.2) is 9.84 Å². The van der Waals surface area contributed by atoms with E-state index in [1.165, 1.54) is 4.90 Å². The molecule has 3 aromatic rings. The number of rotatable bonds is 4. The van der Waals surface area contributed by atoms with E-state index in [0.717, 1.165) is 48.8 Å². The number of hydrogen-bond donors (Lipinski definition) is 3. The van der Waals surface area contributed by atoms with Crippen molar-refractivity contribution in [2.75, 3.05) is 29.9 Å². The maximum atomic E-state index is 12.9. The largest absolute Gasteiger partial charge is 0.390 e. The van der Waals surface area contributed by atoms with Crippen molar-refractivity contribution in [2.24, 2.45) is 17.8 Å². The summed E-state index contributed by atoms with van der Waals surface area (Å²) in [4.78, 5) is 26.4. The van der Waals surface area contributed by atoms with Gasteiger partial charge < -0.3 is 24.8 Å². The fraction of sp³-hybridized carbons (Fsp3) is 0.583. The monoisotopic (exact) mass is 512 g/mol. The van der Waals surface area contributed by atoms with Gasteiger partial charge in [-0.2, -0.15) is 4.98 Å². The van der Waals surface area contributed by atoms with Crippen LogP contribution in [0.1, 0.15) is 42.7 Å². The van der Waals surface area contributed by atoms with Crippen LogP contribution in [0.25, 0.3) is 22.5 Å². The number of fused-ring (bicyclic) bond motifs is 1. The number of nitrogens with zero attached hydrogens (tertiary/aromatic N) is 4. The van der Waals surface area contributed by atoms with Crippen LogP contribution in [0.2, 0.25) is 0 Å². The first-order valence-electron chi connectivity index (χ1n) is 12.6. The number of sulfone groups is 1. The van der Waals surface area contributed by atoms with Crippen molar-refractivity contribution in [2.45, 2.75) is 43.7 Å². The lowest BCUT2D eigenvalue weighted by Gasteiger charge is -2.58. The fourth-order valence-corrected chi connectivity index (χ4v) is 8.39. The van der Waals surface area contributed by atoms with Crippen LogP contribution >= 0.6 is 0 Å². The first kappa shape index (κ1) is 22.2. The second kappa shape index (κ2) is 7.75. The Labute approximate surface area is 207 Å². The van der Waals surface area contributed by atoms with E-state index in [2.05, 4.69) is 25.4 Å². The number of carbonyl (C=O) groups is 1. The first-order chi connectivity index (χ1) is 17.3. The Hall–Kier alpha value is -2.99. The average molecular weight is 513 g/mol. The van der Waals surface area contributed by atoms with Gasteiger partial charge in [-0.25, -0.2) is 13.4 Å². The van der Waals surface area contributed by atoms with E-state index < -0.39 is 21.3 Å². The third kappa shape index (κ3) is 3.61. The Morgan fingerprint density at radius 3 is 2.67 bits per heavy atom. The van der Waals surface area contributed by atoms with E-state index >= 15 is 0 Å². The van der Waals surface area contributed by atoms with Crippen molar-refractivity contribution >= 4 is 32.5 Å². The second-order valence-corrected chi connectivity index (χ2v) is 13.3. The molecule has 8 rings (SSSR count). The highest BCUT2D eigenvalue weighted by Gasteiger charge is 2.54. The van der Waals surface area contributed by atoms with Crippen LogP contribution in [0.3, 0.4) is 0 Å². The van der Waals surface area contributed by atoms with E-state index in [-0.39, 0.29) is 42.4 Å². The summed E-state index contributed by atoms with van der Waals surface area (Å²) >= 11 is 0. The minimum Gasteiger partial charge on any atom is -0.390 e. The number of H-pyrrole nitrogens is 1. The van der Waals surface area contributed by atoms with Crippen molar-refractivity contribution in [1.29, 1.82) is 0 Å². The summed E-state index contributed by atoms with van der Waals surface area (Å²) in [6, 6.07) is 2.18. The lowest BCUT2D eigenvalue weighted by Crippen LogP contribution is -2.59. The lowest BCUT2D eigenvalue weighted by molar-refractivity contribution is -0.129. The maximum Gasteiger partial charge on any atom is 0.295 e. The normalized spacial score (nSPS) is 32.8. The van der Waals surface area contributed by atoms with Gasteiger partial charge in [0.2, 0.25) is 0 Å². The highest BCUT2D eigenvalue weighted by Crippen LogP contribution is 2.56. The summed E-state index contributed by atoms with van der Waals surface area (Å²) in [6.45, 7) is 0.235. The highest BCUT2D eigenvalue weighted by molar-refractivity contribution is 7.91. The summed E-state index contributed by atoms with van der Waals surface area (Å²) in [7, 11) is -3.11. The molecular formula is C24H28N6O5S. The molecule has 3 unspecified atom stereocenters. The van der Waals surface area contributed by atoms with Crippen molar-refractivity contribution < 1.29 is 22.8 Å². The van der Waals surface area contributed by atoms with Gasteiger partial charge in [-0.05, 0) is 55.9 Å². The molecule has 190 valence electrons. The Morgan fingerprint density at radius 2 is 1.94 bits per heavy atom. The molecule has 4 aliphatic carbocycles. The zero-order valence-electron chi connectivity index (χ0n) is 19.7. The molecule has 0 radical (unpaired) electrons. The predicted octanol–water partition coefficient (Wildman–Crippen LogP) is 1.83. The molecule has 5 aliphatic rings. The van der Waals surface area contributed by atoms with Crippen LogP contribution in [-0.4, -0.2) is 80.7 Å². The molecule has 5 atom stereocenters. The zero-order chi connectivity index (χ0) is 24.7. The van der Waals surface area contributed by atoms with Crippen LogP contribution in [-0.2, 0) is 9.84 Å². The van der Waals surface area contributed by atoms with E-state index in [1.807, 2.05) is 12.3 Å². The van der Waals surface area contributed by atoms with Gasteiger partial charge in [0, 0.05) is 36.9 Å². The molecule has 4 bridgehead atoms. The van der Waals surface area contributed by atoms with Gasteiger partial charge in [-0.1, -0.05) is 5.16 Å². The van der Waals surface area contributed by atoms with Gasteiger partial charge in [-0.3, -0.25) is 4.79 Å². The van der Waals surface area contributed by atoms with E-state index in [9.17, 15) is 18.3 Å². The Kier molecular flexibility index (Phi) is 4.79. The van der Waals surface area contributed by atoms with E-state index in [0.29, 0.717) is 23.3 Å². The smallest absolute Gasteiger partial charge is 0.295 e. The van der Waals surface area contributed by atoms with Gasteiger partial charge in [-0.15, -0.1) is 0 Å². The standard InChI is InChI=1S/C24H28N6O5S/c31-23(30-3-5-36(33,34)6-4-30)21-28-22(35-29-21)17-12-26-20-16(1-2-25-20)19(17)27-18-14-7-13-8-15(18)11-24(32,9-13)10-14/h1-2,12-15,18,32H,3-11H2,(H2,25,26,27)/t13?,14-,15+,18?,24?. The number of anilines is 1. The maximum absolute atomic E-state index is 12.9. The molecule has 3 aromatic heterocycles. The van der Waals surface area contributed by atoms with Gasteiger partial charge in [0.05, 0.1) is 28.4 Å². The molecule has 36 heavy (non-hydrogen) atoms. The fourth-order valence-electron chi connectivity index (χ4n) is 7.19. The van der Waals surface area contributed by atoms with Crippen LogP contribution in [0.5, 0.6) is 0 Å². The number of pyridine rings is 1. The number of hydrogen-bond acceptors (Lipinski definition) is 9. The molecular weight excluding hydrogens is 484 g/mol. The predicted molar refractivity (Wildman–Crippen MR) is 130 cm³/mol. The molecule has 1 amide bonds. The number of carbonyl (C=O) groups excluding carboxylic acids is 1. The average Bonchev–Trinajstić information content (AvgIpc) is 3.50. The minimum absolute atomic E-state index is 0.0642. The SMILES string of the molecule is O=C(c1noc(-c2cnc3[nH]ccc3c2NC2[C@@H]3CC4C[C@H]2CC(O)(C4)C3)n1)N1CCS(=O)(=O)CC1. The van der Waals surface area contributed by atoms with Gasteiger partial charge in [0.1, 0.15) is 5.65 Å². The molecule has 1 aliphatic heterocycles. The van der Waals surface area contributed by atoms with Gasteiger partial charge in [0.25, 0.3) is 17.6 Å². The van der Waals surface area contributed by atoms with Gasteiger partial charge >= 0.3 is 0 Å².